The lowest BCUT2D eigenvalue weighted by Gasteiger charge is -2.41. The number of piperazine rings is 1. The van der Waals surface area contributed by atoms with Crippen molar-refractivity contribution in [2.75, 3.05) is 41.7 Å². The van der Waals surface area contributed by atoms with Gasteiger partial charge in [-0.2, -0.15) is 0 Å². The zero-order valence-electron chi connectivity index (χ0n) is 16.7. The molecule has 0 radical (unpaired) electrons. The number of anilines is 3. The molecule has 6 heteroatoms. The van der Waals surface area contributed by atoms with Gasteiger partial charge in [0.2, 0.25) is 11.8 Å². The first-order valence-electron chi connectivity index (χ1n) is 9.65. The number of nitrogens with zero attached hydrogens (tertiary/aromatic N) is 2. The van der Waals surface area contributed by atoms with Gasteiger partial charge in [0, 0.05) is 38.3 Å². The number of nitrogens with one attached hydrogen (secondary N) is 2. The van der Waals surface area contributed by atoms with Crippen LogP contribution in [0, 0.1) is 6.92 Å². The van der Waals surface area contributed by atoms with E-state index in [2.05, 4.69) is 58.5 Å². The molecule has 28 heavy (non-hydrogen) atoms. The number of para-hydroxylation sites is 3. The third-order valence-electron chi connectivity index (χ3n) is 5.08. The predicted molar refractivity (Wildman–Crippen MR) is 114 cm³/mol. The van der Waals surface area contributed by atoms with E-state index in [-0.39, 0.29) is 17.9 Å². The Balaban J connectivity index is 1.59. The summed E-state index contributed by atoms with van der Waals surface area (Å²) in [6.07, 6.45) is 0. The van der Waals surface area contributed by atoms with Gasteiger partial charge in [-0.15, -0.1) is 0 Å². The smallest absolute Gasteiger partial charge is 0.238 e. The summed E-state index contributed by atoms with van der Waals surface area (Å²) in [5, 5.41) is 5.67. The van der Waals surface area contributed by atoms with Gasteiger partial charge in [-0.05, 0) is 37.6 Å². The molecular weight excluding hydrogens is 352 g/mol. The van der Waals surface area contributed by atoms with Crippen LogP contribution in [-0.2, 0) is 9.59 Å². The molecule has 1 aliphatic heterocycles. The van der Waals surface area contributed by atoms with Crippen molar-refractivity contribution in [2.24, 2.45) is 0 Å². The molecule has 3 rings (SSSR count). The fourth-order valence-corrected chi connectivity index (χ4v) is 3.63. The zero-order valence-corrected chi connectivity index (χ0v) is 16.7. The Morgan fingerprint density at radius 3 is 2.29 bits per heavy atom. The number of carbonyl (C=O) groups is 2. The van der Waals surface area contributed by atoms with Crippen molar-refractivity contribution in [3.63, 3.8) is 0 Å². The molecular formula is C22H28N4O2. The topological polar surface area (TPSA) is 64.7 Å². The largest absolute Gasteiger partial charge is 0.368 e. The summed E-state index contributed by atoms with van der Waals surface area (Å²) in [5.41, 5.74) is 3.77. The first kappa shape index (κ1) is 19.9. The van der Waals surface area contributed by atoms with E-state index in [4.69, 9.17) is 0 Å². The molecule has 1 fully saturated rings. The molecule has 1 saturated heterocycles. The summed E-state index contributed by atoms with van der Waals surface area (Å²) >= 11 is 0. The third kappa shape index (κ3) is 4.89. The maximum Gasteiger partial charge on any atom is 0.238 e. The van der Waals surface area contributed by atoms with Crippen LogP contribution in [0.15, 0.2) is 48.5 Å². The van der Waals surface area contributed by atoms with Crippen LogP contribution in [0.3, 0.4) is 0 Å². The van der Waals surface area contributed by atoms with E-state index >= 15 is 0 Å². The van der Waals surface area contributed by atoms with Gasteiger partial charge in [-0.25, -0.2) is 0 Å². The molecule has 2 amide bonds. The van der Waals surface area contributed by atoms with E-state index in [0.717, 1.165) is 19.6 Å². The van der Waals surface area contributed by atoms with Gasteiger partial charge in [0.05, 0.1) is 17.9 Å². The van der Waals surface area contributed by atoms with Crippen LogP contribution in [0.5, 0.6) is 0 Å². The minimum Gasteiger partial charge on any atom is -0.368 e. The maximum absolute atomic E-state index is 12.6. The quantitative estimate of drug-likeness (QED) is 0.837. The number of aryl methyl sites for hydroxylation is 1. The highest BCUT2D eigenvalue weighted by atomic mass is 16.2. The van der Waals surface area contributed by atoms with E-state index in [0.29, 0.717) is 17.9 Å². The minimum atomic E-state index is -0.164. The van der Waals surface area contributed by atoms with Crippen molar-refractivity contribution in [1.82, 2.24) is 4.90 Å². The van der Waals surface area contributed by atoms with Crippen molar-refractivity contribution in [3.05, 3.63) is 54.1 Å². The van der Waals surface area contributed by atoms with Crippen LogP contribution in [-0.4, -0.2) is 48.9 Å². The Morgan fingerprint density at radius 2 is 1.64 bits per heavy atom. The van der Waals surface area contributed by atoms with Crippen LogP contribution in [0.1, 0.15) is 19.4 Å². The van der Waals surface area contributed by atoms with Gasteiger partial charge in [-0.1, -0.05) is 30.3 Å². The third-order valence-corrected chi connectivity index (χ3v) is 5.08. The highest BCUT2D eigenvalue weighted by Crippen LogP contribution is 2.23. The average molecular weight is 380 g/mol. The van der Waals surface area contributed by atoms with Gasteiger partial charge in [0.1, 0.15) is 0 Å². The molecule has 6 nitrogen and oxygen atoms in total. The zero-order chi connectivity index (χ0) is 20.1. The molecule has 1 unspecified atom stereocenters. The van der Waals surface area contributed by atoms with Crippen molar-refractivity contribution in [1.29, 1.82) is 0 Å². The molecule has 0 saturated carbocycles. The van der Waals surface area contributed by atoms with Crippen molar-refractivity contribution in [2.45, 2.75) is 26.8 Å². The van der Waals surface area contributed by atoms with Crippen LogP contribution >= 0.6 is 0 Å². The SMILES string of the molecule is CC(=O)Nc1ccccc1NC(=O)CN1CCN(c2ccccc2C)CC1C. The van der Waals surface area contributed by atoms with Crippen LogP contribution < -0.4 is 15.5 Å². The molecule has 0 aliphatic carbocycles. The summed E-state index contributed by atoms with van der Waals surface area (Å²) in [6.45, 7) is 8.68. The number of amides is 2. The monoisotopic (exact) mass is 380 g/mol. The molecule has 1 heterocycles. The van der Waals surface area contributed by atoms with E-state index in [1.807, 2.05) is 12.1 Å². The molecule has 1 atom stereocenters. The Kier molecular flexibility index (Phi) is 6.31. The lowest BCUT2D eigenvalue weighted by atomic mass is 10.1. The fraction of sp³-hybridized carbons (Fsp3) is 0.364. The van der Waals surface area contributed by atoms with E-state index in [9.17, 15) is 9.59 Å². The van der Waals surface area contributed by atoms with Gasteiger partial charge in [0.15, 0.2) is 0 Å². The molecule has 2 N–H and O–H groups in total. The molecule has 1 aliphatic rings. The summed E-state index contributed by atoms with van der Waals surface area (Å²) < 4.78 is 0. The predicted octanol–water partition coefficient (Wildman–Crippen LogP) is 3.10. The molecule has 2 aromatic rings. The highest BCUT2D eigenvalue weighted by Gasteiger charge is 2.26. The van der Waals surface area contributed by atoms with Crippen LogP contribution in [0.2, 0.25) is 0 Å². The summed E-state index contributed by atoms with van der Waals surface area (Å²) in [5.74, 6) is -0.239. The summed E-state index contributed by atoms with van der Waals surface area (Å²) in [6, 6.07) is 15.9. The van der Waals surface area contributed by atoms with Crippen LogP contribution in [0.4, 0.5) is 17.1 Å². The Bertz CT molecular complexity index is 852. The van der Waals surface area contributed by atoms with E-state index in [1.165, 1.54) is 18.2 Å². The highest BCUT2D eigenvalue weighted by molar-refractivity contribution is 5.99. The second kappa shape index (κ2) is 8.89. The standard InChI is InChI=1S/C22H28N4O2/c1-16-8-4-7-11-21(16)26-13-12-25(17(2)14-26)15-22(28)24-20-10-6-5-9-19(20)23-18(3)27/h4-11,17H,12-15H2,1-3H3,(H,23,27)(H,24,28). The molecule has 0 aromatic heterocycles. The number of rotatable bonds is 5. The number of carbonyl (C=O) groups excluding carboxylic acids is 2. The first-order valence-corrected chi connectivity index (χ1v) is 9.65. The normalized spacial score (nSPS) is 17.2. The van der Waals surface area contributed by atoms with Gasteiger partial charge >= 0.3 is 0 Å². The Labute approximate surface area is 166 Å². The Morgan fingerprint density at radius 1 is 1.00 bits per heavy atom. The molecule has 0 spiro atoms. The van der Waals surface area contributed by atoms with E-state index < -0.39 is 0 Å². The second-order valence-corrected chi connectivity index (χ2v) is 7.33. The lowest BCUT2D eigenvalue weighted by Crippen LogP contribution is -2.54. The van der Waals surface area contributed by atoms with Gasteiger partial charge in [0.25, 0.3) is 0 Å². The number of hydrogen-bond donors (Lipinski definition) is 2. The Hall–Kier alpha value is -2.86. The van der Waals surface area contributed by atoms with Gasteiger partial charge in [-0.3, -0.25) is 14.5 Å². The molecule has 0 bridgehead atoms. The van der Waals surface area contributed by atoms with Crippen molar-refractivity contribution >= 4 is 28.9 Å². The van der Waals surface area contributed by atoms with Crippen molar-refractivity contribution < 1.29 is 9.59 Å². The van der Waals surface area contributed by atoms with Gasteiger partial charge < -0.3 is 15.5 Å². The van der Waals surface area contributed by atoms with E-state index in [1.54, 1.807) is 12.1 Å². The lowest BCUT2D eigenvalue weighted by molar-refractivity contribution is -0.118. The maximum atomic E-state index is 12.6. The first-order chi connectivity index (χ1) is 13.4. The van der Waals surface area contributed by atoms with Crippen molar-refractivity contribution in [3.8, 4) is 0 Å². The second-order valence-electron chi connectivity index (χ2n) is 7.33. The average Bonchev–Trinajstić information content (AvgIpc) is 2.65. The van der Waals surface area contributed by atoms with Crippen LogP contribution in [0.25, 0.3) is 0 Å². The summed E-state index contributed by atoms with van der Waals surface area (Å²) in [7, 11) is 0. The molecule has 2 aromatic carbocycles. The summed E-state index contributed by atoms with van der Waals surface area (Å²) in [4.78, 5) is 28.5. The molecule has 148 valence electrons. The minimum absolute atomic E-state index is 0.0750. The number of benzene rings is 2. The fourth-order valence-electron chi connectivity index (χ4n) is 3.63. The number of hydrogen-bond acceptors (Lipinski definition) is 4.